The Morgan fingerprint density at radius 2 is 1.48 bits per heavy atom. The van der Waals surface area contributed by atoms with Gasteiger partial charge in [-0.05, 0) is 30.5 Å². The van der Waals surface area contributed by atoms with Gasteiger partial charge in [0.25, 0.3) is 5.91 Å². The molecule has 5 nitrogen and oxygen atoms in total. The van der Waals surface area contributed by atoms with Crippen molar-refractivity contribution in [3.8, 4) is 17.2 Å². The van der Waals surface area contributed by atoms with E-state index < -0.39 is 0 Å². The lowest BCUT2D eigenvalue weighted by Gasteiger charge is -2.14. The van der Waals surface area contributed by atoms with Gasteiger partial charge in [0.05, 0.1) is 26.9 Å². The van der Waals surface area contributed by atoms with Gasteiger partial charge in [-0.1, -0.05) is 0 Å². The summed E-state index contributed by atoms with van der Waals surface area (Å²) in [5, 5.41) is 2.85. The van der Waals surface area contributed by atoms with Gasteiger partial charge in [0.2, 0.25) is 0 Å². The molecule has 122 valence electrons. The van der Waals surface area contributed by atoms with Crippen LogP contribution in [0, 0.1) is 0 Å². The monoisotopic (exact) mass is 333 g/mol. The maximum absolute atomic E-state index is 12.5. The van der Waals surface area contributed by atoms with Crippen LogP contribution in [0.4, 0.5) is 5.69 Å². The van der Waals surface area contributed by atoms with Crippen molar-refractivity contribution in [2.24, 2.45) is 0 Å². The maximum atomic E-state index is 12.5. The number of hydrogen-bond donors (Lipinski definition) is 1. The molecule has 0 aromatic heterocycles. The zero-order chi connectivity index (χ0) is 16.8. The van der Waals surface area contributed by atoms with Crippen LogP contribution in [0.15, 0.2) is 41.3 Å². The number of rotatable bonds is 6. The zero-order valence-corrected chi connectivity index (χ0v) is 14.3. The summed E-state index contributed by atoms with van der Waals surface area (Å²) in [6.07, 6.45) is 2.00. The third-order valence-corrected chi connectivity index (χ3v) is 4.04. The number of carbonyl (C=O) groups excluding carboxylic acids is 1. The molecule has 23 heavy (non-hydrogen) atoms. The van der Waals surface area contributed by atoms with Gasteiger partial charge in [-0.15, -0.1) is 11.8 Å². The standard InChI is InChI=1S/C17H19NO4S/c1-20-14-10-16(22-3)15(21-2)9-13(14)17(19)18-11-5-7-12(23-4)8-6-11/h5-10H,1-4H3,(H,18,19). The number of carbonyl (C=O) groups is 1. The second-order valence-electron chi connectivity index (χ2n) is 4.59. The van der Waals surface area contributed by atoms with Crippen molar-refractivity contribution in [2.45, 2.75) is 4.90 Å². The van der Waals surface area contributed by atoms with E-state index in [0.717, 1.165) is 4.90 Å². The van der Waals surface area contributed by atoms with Crippen molar-refractivity contribution in [1.82, 2.24) is 0 Å². The number of nitrogens with one attached hydrogen (secondary N) is 1. The highest BCUT2D eigenvalue weighted by atomic mass is 32.2. The molecule has 0 aliphatic rings. The Labute approximate surface area is 139 Å². The van der Waals surface area contributed by atoms with E-state index in [1.807, 2.05) is 30.5 Å². The molecule has 0 unspecified atom stereocenters. The van der Waals surface area contributed by atoms with E-state index in [4.69, 9.17) is 14.2 Å². The summed E-state index contributed by atoms with van der Waals surface area (Å²) in [4.78, 5) is 13.7. The summed E-state index contributed by atoms with van der Waals surface area (Å²) in [6.45, 7) is 0. The predicted octanol–water partition coefficient (Wildman–Crippen LogP) is 3.69. The molecule has 1 N–H and O–H groups in total. The van der Waals surface area contributed by atoms with E-state index in [-0.39, 0.29) is 5.91 Å². The molecule has 2 aromatic carbocycles. The summed E-state index contributed by atoms with van der Waals surface area (Å²) in [7, 11) is 4.56. The van der Waals surface area contributed by atoms with Gasteiger partial charge in [-0.25, -0.2) is 0 Å². The molecule has 0 saturated carbocycles. The highest BCUT2D eigenvalue weighted by molar-refractivity contribution is 7.98. The average Bonchev–Trinajstić information content (AvgIpc) is 2.60. The molecular weight excluding hydrogens is 314 g/mol. The van der Waals surface area contributed by atoms with Crippen LogP contribution < -0.4 is 19.5 Å². The minimum Gasteiger partial charge on any atom is -0.496 e. The Kier molecular flexibility index (Phi) is 5.76. The first-order valence-electron chi connectivity index (χ1n) is 6.88. The molecule has 6 heteroatoms. The summed E-state index contributed by atoms with van der Waals surface area (Å²) in [5.74, 6) is 1.11. The number of thioether (sulfide) groups is 1. The minimum absolute atomic E-state index is 0.278. The highest BCUT2D eigenvalue weighted by Gasteiger charge is 2.17. The van der Waals surface area contributed by atoms with E-state index >= 15 is 0 Å². The van der Waals surface area contributed by atoms with Crippen molar-refractivity contribution in [3.05, 3.63) is 42.0 Å². The first kappa shape index (κ1) is 17.0. The second kappa shape index (κ2) is 7.78. The molecule has 0 saturated heterocycles. The summed E-state index contributed by atoms with van der Waals surface area (Å²) < 4.78 is 15.7. The first-order chi connectivity index (χ1) is 11.1. The SMILES string of the molecule is COc1cc(OC)c(C(=O)Nc2ccc(SC)cc2)cc1OC. The van der Waals surface area contributed by atoms with Gasteiger partial charge in [-0.2, -0.15) is 0 Å². The Morgan fingerprint density at radius 1 is 0.913 bits per heavy atom. The van der Waals surface area contributed by atoms with Crippen LogP contribution in [0.2, 0.25) is 0 Å². The Bertz CT molecular complexity index is 686. The lowest BCUT2D eigenvalue weighted by Crippen LogP contribution is -2.13. The number of ether oxygens (including phenoxy) is 3. The third kappa shape index (κ3) is 3.90. The molecule has 0 aliphatic heterocycles. The Hall–Kier alpha value is -2.34. The van der Waals surface area contributed by atoms with Gasteiger partial charge >= 0.3 is 0 Å². The van der Waals surface area contributed by atoms with Crippen molar-refractivity contribution < 1.29 is 19.0 Å². The largest absolute Gasteiger partial charge is 0.496 e. The minimum atomic E-state index is -0.278. The lowest BCUT2D eigenvalue weighted by atomic mass is 10.1. The van der Waals surface area contributed by atoms with Crippen molar-refractivity contribution in [2.75, 3.05) is 32.9 Å². The fourth-order valence-corrected chi connectivity index (χ4v) is 2.49. The number of anilines is 1. The molecule has 0 aliphatic carbocycles. The normalized spacial score (nSPS) is 10.1. The predicted molar refractivity (Wildman–Crippen MR) is 92.3 cm³/mol. The second-order valence-corrected chi connectivity index (χ2v) is 5.47. The van der Waals surface area contributed by atoms with Crippen LogP contribution in [-0.4, -0.2) is 33.5 Å². The fourth-order valence-electron chi connectivity index (χ4n) is 2.08. The third-order valence-electron chi connectivity index (χ3n) is 3.30. The van der Waals surface area contributed by atoms with Crippen molar-refractivity contribution >= 4 is 23.4 Å². The molecule has 1 amide bonds. The summed E-state index contributed by atoms with van der Waals surface area (Å²) in [6, 6.07) is 10.8. The Morgan fingerprint density at radius 3 is 2.00 bits per heavy atom. The smallest absolute Gasteiger partial charge is 0.259 e. The summed E-state index contributed by atoms with van der Waals surface area (Å²) >= 11 is 1.64. The zero-order valence-electron chi connectivity index (χ0n) is 13.5. The van der Waals surface area contributed by atoms with E-state index in [1.54, 1.807) is 23.9 Å². The molecule has 2 aromatic rings. The highest BCUT2D eigenvalue weighted by Crippen LogP contribution is 2.35. The first-order valence-corrected chi connectivity index (χ1v) is 8.10. The number of hydrogen-bond acceptors (Lipinski definition) is 5. The quantitative estimate of drug-likeness (QED) is 0.817. The number of amides is 1. The van der Waals surface area contributed by atoms with Crippen LogP contribution in [0.5, 0.6) is 17.2 Å². The van der Waals surface area contributed by atoms with Gasteiger partial charge < -0.3 is 19.5 Å². The van der Waals surface area contributed by atoms with Crippen molar-refractivity contribution in [1.29, 1.82) is 0 Å². The van der Waals surface area contributed by atoms with Crippen LogP contribution in [0.25, 0.3) is 0 Å². The number of benzene rings is 2. The molecule has 0 fully saturated rings. The topological polar surface area (TPSA) is 56.8 Å². The molecular formula is C17H19NO4S. The van der Waals surface area contributed by atoms with Gasteiger partial charge in [0, 0.05) is 22.7 Å². The fraction of sp³-hybridized carbons (Fsp3) is 0.235. The van der Waals surface area contributed by atoms with E-state index in [1.165, 1.54) is 21.3 Å². The van der Waals surface area contributed by atoms with Crippen LogP contribution in [0.1, 0.15) is 10.4 Å². The molecule has 0 bridgehead atoms. The number of methoxy groups -OCH3 is 3. The summed E-state index contributed by atoms with van der Waals surface area (Å²) in [5.41, 5.74) is 1.09. The van der Waals surface area contributed by atoms with Crippen LogP contribution >= 0.6 is 11.8 Å². The van der Waals surface area contributed by atoms with E-state index in [2.05, 4.69) is 5.32 Å². The maximum Gasteiger partial charge on any atom is 0.259 e. The van der Waals surface area contributed by atoms with Crippen LogP contribution in [-0.2, 0) is 0 Å². The van der Waals surface area contributed by atoms with E-state index in [9.17, 15) is 4.79 Å². The molecule has 0 heterocycles. The Balaban J connectivity index is 2.29. The van der Waals surface area contributed by atoms with Crippen molar-refractivity contribution in [3.63, 3.8) is 0 Å². The van der Waals surface area contributed by atoms with Gasteiger partial charge in [-0.3, -0.25) is 4.79 Å². The van der Waals surface area contributed by atoms with Crippen LogP contribution in [0.3, 0.4) is 0 Å². The molecule has 2 rings (SSSR count). The molecule has 0 spiro atoms. The lowest BCUT2D eigenvalue weighted by molar-refractivity contribution is 0.102. The van der Waals surface area contributed by atoms with Gasteiger partial charge in [0.15, 0.2) is 11.5 Å². The van der Waals surface area contributed by atoms with Gasteiger partial charge in [0.1, 0.15) is 5.75 Å². The molecule has 0 atom stereocenters. The molecule has 0 radical (unpaired) electrons. The average molecular weight is 333 g/mol. The van der Waals surface area contributed by atoms with E-state index in [0.29, 0.717) is 28.5 Å².